The maximum Gasteiger partial charge on any atom is 0.233 e. The van der Waals surface area contributed by atoms with Crippen molar-refractivity contribution >= 4 is 23.2 Å². The van der Waals surface area contributed by atoms with Gasteiger partial charge in [0.2, 0.25) is 5.91 Å². The highest BCUT2D eigenvalue weighted by Gasteiger charge is 2.30. The zero-order valence-corrected chi connectivity index (χ0v) is 7.64. The lowest BCUT2D eigenvalue weighted by molar-refractivity contribution is -0.116. The van der Waals surface area contributed by atoms with Crippen LogP contribution >= 0.6 is 11.6 Å². The van der Waals surface area contributed by atoms with Gasteiger partial charge in [-0.2, -0.15) is 0 Å². The first-order valence-corrected chi connectivity index (χ1v) is 4.41. The summed E-state index contributed by atoms with van der Waals surface area (Å²) < 4.78 is 0. The molecule has 3 N–H and O–H groups in total. The highest BCUT2D eigenvalue weighted by Crippen LogP contribution is 2.36. The van der Waals surface area contributed by atoms with Gasteiger partial charge in [-0.25, -0.2) is 0 Å². The first kappa shape index (κ1) is 8.53. The van der Waals surface area contributed by atoms with Crippen molar-refractivity contribution in [3.05, 3.63) is 28.8 Å². The van der Waals surface area contributed by atoms with Crippen molar-refractivity contribution in [2.24, 2.45) is 5.73 Å². The number of hydrogen-bond donors (Lipinski definition) is 2. The van der Waals surface area contributed by atoms with E-state index in [-0.39, 0.29) is 11.8 Å². The summed E-state index contributed by atoms with van der Waals surface area (Å²) in [6, 6.07) is 5.40. The van der Waals surface area contributed by atoms with Crippen LogP contribution in [0.2, 0.25) is 5.02 Å². The normalized spacial score (nSPS) is 19.8. The third-order valence-corrected chi connectivity index (χ3v) is 2.54. The van der Waals surface area contributed by atoms with Gasteiger partial charge >= 0.3 is 0 Å². The monoisotopic (exact) mass is 196 g/mol. The molecule has 68 valence electrons. The fraction of sp³-hybridized carbons (Fsp3) is 0.222. The van der Waals surface area contributed by atoms with Crippen LogP contribution in [0.15, 0.2) is 18.2 Å². The molecule has 1 atom stereocenters. The lowest BCUT2D eigenvalue weighted by atomic mass is 10.0. The van der Waals surface area contributed by atoms with E-state index in [1.807, 2.05) is 6.07 Å². The van der Waals surface area contributed by atoms with E-state index in [0.29, 0.717) is 11.6 Å². The molecule has 0 radical (unpaired) electrons. The molecular formula is C9H9ClN2O. The molecule has 0 saturated carbocycles. The number of amides is 1. The van der Waals surface area contributed by atoms with Gasteiger partial charge in [0.1, 0.15) is 0 Å². The number of hydrogen-bond acceptors (Lipinski definition) is 2. The Kier molecular flexibility index (Phi) is 1.98. The summed E-state index contributed by atoms with van der Waals surface area (Å²) in [5.41, 5.74) is 7.10. The molecule has 3 nitrogen and oxygen atoms in total. The molecule has 2 rings (SSSR count). The van der Waals surface area contributed by atoms with Gasteiger partial charge in [-0.05, 0) is 12.1 Å². The van der Waals surface area contributed by atoms with E-state index in [0.717, 1.165) is 11.3 Å². The standard InChI is InChI=1S/C9H9ClN2O/c10-6-2-1-3-7-8(6)5(4-11)9(13)12-7/h1-3,5H,4,11H2,(H,12,13). The summed E-state index contributed by atoms with van der Waals surface area (Å²) in [6.45, 7) is 0.294. The zero-order valence-electron chi connectivity index (χ0n) is 6.88. The van der Waals surface area contributed by atoms with Gasteiger partial charge in [0.15, 0.2) is 0 Å². The Balaban J connectivity index is 2.55. The fourth-order valence-corrected chi connectivity index (χ4v) is 1.88. The van der Waals surface area contributed by atoms with Crippen molar-refractivity contribution in [1.29, 1.82) is 0 Å². The number of nitrogens with one attached hydrogen (secondary N) is 1. The molecule has 1 amide bonds. The number of anilines is 1. The van der Waals surface area contributed by atoms with Crippen LogP contribution in [0.1, 0.15) is 11.5 Å². The van der Waals surface area contributed by atoms with Crippen LogP contribution < -0.4 is 11.1 Å². The number of fused-ring (bicyclic) bond motifs is 1. The van der Waals surface area contributed by atoms with Gasteiger partial charge in [-0.3, -0.25) is 4.79 Å². The molecule has 0 spiro atoms. The van der Waals surface area contributed by atoms with Crippen molar-refractivity contribution in [3.8, 4) is 0 Å². The summed E-state index contributed by atoms with van der Waals surface area (Å²) in [7, 11) is 0. The predicted octanol–water partition coefficient (Wildman–Crippen LogP) is 1.33. The van der Waals surface area contributed by atoms with Gasteiger partial charge < -0.3 is 11.1 Å². The highest BCUT2D eigenvalue weighted by atomic mass is 35.5. The van der Waals surface area contributed by atoms with Crippen LogP contribution in [-0.4, -0.2) is 12.5 Å². The topological polar surface area (TPSA) is 55.1 Å². The van der Waals surface area contributed by atoms with Crippen molar-refractivity contribution in [2.75, 3.05) is 11.9 Å². The predicted molar refractivity (Wildman–Crippen MR) is 51.9 cm³/mol. The third kappa shape index (κ3) is 1.20. The van der Waals surface area contributed by atoms with Crippen molar-refractivity contribution < 1.29 is 4.79 Å². The fourth-order valence-electron chi connectivity index (χ4n) is 1.58. The van der Waals surface area contributed by atoms with Crippen molar-refractivity contribution in [1.82, 2.24) is 0 Å². The SMILES string of the molecule is NCC1C(=O)Nc2cccc(Cl)c21. The van der Waals surface area contributed by atoms with Crippen LogP contribution in [0.25, 0.3) is 0 Å². The van der Waals surface area contributed by atoms with Crippen molar-refractivity contribution in [2.45, 2.75) is 5.92 Å². The second kappa shape index (κ2) is 3.01. The van der Waals surface area contributed by atoms with E-state index in [9.17, 15) is 4.79 Å². The minimum atomic E-state index is -0.288. The Hall–Kier alpha value is -1.06. The van der Waals surface area contributed by atoms with Crippen molar-refractivity contribution in [3.63, 3.8) is 0 Å². The quantitative estimate of drug-likeness (QED) is 0.712. The van der Waals surface area contributed by atoms with Crippen LogP contribution in [0.4, 0.5) is 5.69 Å². The van der Waals surface area contributed by atoms with Gasteiger partial charge in [0.05, 0.1) is 5.92 Å². The Labute approximate surface area is 80.9 Å². The van der Waals surface area contributed by atoms with Gasteiger partial charge in [0, 0.05) is 22.8 Å². The number of rotatable bonds is 1. The van der Waals surface area contributed by atoms with E-state index < -0.39 is 0 Å². The molecule has 13 heavy (non-hydrogen) atoms. The summed E-state index contributed by atoms with van der Waals surface area (Å²) >= 11 is 5.96. The van der Waals surface area contributed by atoms with Gasteiger partial charge in [0.25, 0.3) is 0 Å². The van der Waals surface area contributed by atoms with E-state index in [1.165, 1.54) is 0 Å². The zero-order chi connectivity index (χ0) is 9.42. The van der Waals surface area contributed by atoms with Crippen LogP contribution in [0.3, 0.4) is 0 Å². The average molecular weight is 197 g/mol. The molecule has 1 aliphatic rings. The molecule has 1 aromatic rings. The molecule has 0 fully saturated rings. The Morgan fingerprint density at radius 1 is 1.54 bits per heavy atom. The molecule has 4 heteroatoms. The summed E-state index contributed by atoms with van der Waals surface area (Å²) in [4.78, 5) is 11.4. The lowest BCUT2D eigenvalue weighted by Gasteiger charge is -2.05. The minimum Gasteiger partial charge on any atom is -0.329 e. The Bertz CT molecular complexity index is 365. The molecule has 0 aromatic heterocycles. The molecular weight excluding hydrogens is 188 g/mol. The van der Waals surface area contributed by atoms with E-state index in [4.69, 9.17) is 17.3 Å². The summed E-state index contributed by atoms with van der Waals surface area (Å²) in [5, 5.41) is 3.34. The average Bonchev–Trinajstić information content (AvgIpc) is 2.42. The second-order valence-corrected chi connectivity index (χ2v) is 3.39. The summed E-state index contributed by atoms with van der Waals surface area (Å²) in [6.07, 6.45) is 0. The lowest BCUT2D eigenvalue weighted by Crippen LogP contribution is -2.20. The van der Waals surface area contributed by atoms with Crippen LogP contribution in [0, 0.1) is 0 Å². The molecule has 0 saturated heterocycles. The van der Waals surface area contributed by atoms with Gasteiger partial charge in [-0.15, -0.1) is 0 Å². The third-order valence-electron chi connectivity index (χ3n) is 2.21. The maximum absolute atomic E-state index is 11.4. The first-order chi connectivity index (χ1) is 6.24. The second-order valence-electron chi connectivity index (χ2n) is 2.98. The van der Waals surface area contributed by atoms with E-state index in [2.05, 4.69) is 5.32 Å². The van der Waals surface area contributed by atoms with E-state index >= 15 is 0 Å². The number of carbonyl (C=O) groups is 1. The number of benzene rings is 1. The molecule has 1 heterocycles. The highest BCUT2D eigenvalue weighted by molar-refractivity contribution is 6.32. The molecule has 1 aromatic carbocycles. The van der Waals surface area contributed by atoms with Crippen LogP contribution in [-0.2, 0) is 4.79 Å². The minimum absolute atomic E-state index is 0.0643. The van der Waals surface area contributed by atoms with Crippen LogP contribution in [0.5, 0.6) is 0 Å². The van der Waals surface area contributed by atoms with E-state index in [1.54, 1.807) is 12.1 Å². The number of nitrogens with two attached hydrogens (primary N) is 1. The largest absolute Gasteiger partial charge is 0.329 e. The molecule has 1 unspecified atom stereocenters. The first-order valence-electron chi connectivity index (χ1n) is 4.03. The molecule has 0 bridgehead atoms. The smallest absolute Gasteiger partial charge is 0.233 e. The number of halogens is 1. The van der Waals surface area contributed by atoms with Gasteiger partial charge in [-0.1, -0.05) is 17.7 Å². The number of carbonyl (C=O) groups excluding carboxylic acids is 1. The Morgan fingerprint density at radius 3 is 3.00 bits per heavy atom. The maximum atomic E-state index is 11.4. The Morgan fingerprint density at radius 2 is 2.31 bits per heavy atom. The molecule has 0 aliphatic carbocycles. The summed E-state index contributed by atoms with van der Waals surface area (Å²) in [5.74, 6) is -0.353. The molecule has 1 aliphatic heterocycles.